The molecule has 2 N–H and O–H groups in total. The molecule has 1 saturated carbocycles. The van der Waals surface area contributed by atoms with Gasteiger partial charge in [-0.3, -0.25) is 4.90 Å². The lowest BCUT2D eigenvalue weighted by Crippen LogP contribution is -2.43. The molecule has 1 aliphatic rings. The lowest BCUT2D eigenvalue weighted by atomic mass is 9.94. The van der Waals surface area contributed by atoms with Crippen LogP contribution in [-0.2, 0) is 9.84 Å². The van der Waals surface area contributed by atoms with Gasteiger partial charge in [-0.1, -0.05) is 18.6 Å². The minimum Gasteiger partial charge on any atom is -0.392 e. The van der Waals surface area contributed by atoms with Crippen LogP contribution in [0.1, 0.15) is 25.7 Å². The van der Waals surface area contributed by atoms with Crippen molar-refractivity contribution in [2.45, 2.75) is 37.0 Å². The Morgan fingerprint density at radius 2 is 2.12 bits per heavy atom. The maximum Gasteiger partial charge on any atom is 0.150 e. The molecule has 4 nitrogen and oxygen atoms in total. The highest BCUT2D eigenvalue weighted by Crippen LogP contribution is 2.26. The number of sulfone groups is 1. The van der Waals surface area contributed by atoms with Crippen LogP contribution in [0.25, 0.3) is 0 Å². The molecule has 0 aliphatic heterocycles. The first-order chi connectivity index (χ1) is 7.30. The fourth-order valence-corrected chi connectivity index (χ4v) is 3.65. The zero-order valence-corrected chi connectivity index (χ0v) is 11.5. The number of hydrogen-bond donors (Lipinski definition) is 1. The summed E-state index contributed by atoms with van der Waals surface area (Å²) in [5.41, 5.74) is 5.49. The third kappa shape index (κ3) is 3.99. The van der Waals surface area contributed by atoms with Crippen molar-refractivity contribution in [2.75, 3.05) is 19.8 Å². The van der Waals surface area contributed by atoms with E-state index in [1.165, 1.54) is 6.26 Å². The lowest BCUT2D eigenvalue weighted by molar-refractivity contribution is 0.216. The predicted octanol–water partition coefficient (Wildman–Crippen LogP) is 0.560. The molecule has 1 rings (SSSR count). The van der Waals surface area contributed by atoms with Crippen molar-refractivity contribution in [3.8, 4) is 0 Å². The van der Waals surface area contributed by atoms with Crippen molar-refractivity contribution in [2.24, 2.45) is 5.73 Å². The molecule has 16 heavy (non-hydrogen) atoms. The summed E-state index contributed by atoms with van der Waals surface area (Å²) in [5, 5.41) is -0.194. The van der Waals surface area contributed by atoms with E-state index in [0.29, 0.717) is 18.0 Å². The van der Waals surface area contributed by atoms with Gasteiger partial charge >= 0.3 is 0 Å². The second-order valence-corrected chi connectivity index (χ2v) is 7.50. The van der Waals surface area contributed by atoms with E-state index in [2.05, 4.69) is 4.90 Å². The van der Waals surface area contributed by atoms with Crippen molar-refractivity contribution in [3.63, 3.8) is 0 Å². The summed E-state index contributed by atoms with van der Waals surface area (Å²) in [6.45, 7) is 0.566. The van der Waals surface area contributed by atoms with Crippen LogP contribution in [0, 0.1) is 0 Å². The fraction of sp³-hybridized carbons (Fsp3) is 0.900. The first kappa shape index (κ1) is 13.9. The maximum absolute atomic E-state index is 11.5. The van der Waals surface area contributed by atoms with Crippen molar-refractivity contribution in [3.05, 3.63) is 0 Å². The Morgan fingerprint density at radius 1 is 1.50 bits per heavy atom. The van der Waals surface area contributed by atoms with Crippen LogP contribution in [0.5, 0.6) is 0 Å². The van der Waals surface area contributed by atoms with Crippen LogP contribution in [0.2, 0.25) is 0 Å². The van der Waals surface area contributed by atoms with Gasteiger partial charge in [0.2, 0.25) is 0 Å². The highest BCUT2D eigenvalue weighted by atomic mass is 32.2. The Balaban J connectivity index is 2.60. The molecule has 0 heterocycles. The molecule has 0 aromatic rings. The zero-order valence-electron chi connectivity index (χ0n) is 9.85. The Labute approximate surface area is 103 Å². The molecule has 6 heteroatoms. The highest BCUT2D eigenvalue weighted by Gasteiger charge is 2.30. The van der Waals surface area contributed by atoms with Crippen LogP contribution in [0.15, 0.2) is 0 Å². The summed E-state index contributed by atoms with van der Waals surface area (Å²) in [4.78, 5) is 2.53. The quantitative estimate of drug-likeness (QED) is 0.752. The average molecular weight is 264 g/mol. The SMILES string of the molecule is CN(CC(N)=S)C1CCCC(S(C)(=O)=O)C1. The molecule has 2 atom stereocenters. The van der Waals surface area contributed by atoms with Gasteiger partial charge in [0.05, 0.1) is 10.2 Å². The second-order valence-electron chi connectivity index (χ2n) is 4.65. The van der Waals surface area contributed by atoms with Gasteiger partial charge in [-0.05, 0) is 26.3 Å². The molecule has 0 aromatic heterocycles. The average Bonchev–Trinajstić information content (AvgIpc) is 2.15. The van der Waals surface area contributed by atoms with E-state index in [0.717, 1.165) is 19.3 Å². The van der Waals surface area contributed by atoms with E-state index in [1.807, 2.05) is 7.05 Å². The molecular formula is C10H20N2O2S2. The molecule has 0 spiro atoms. The summed E-state index contributed by atoms with van der Waals surface area (Å²) in [7, 11) is -0.959. The van der Waals surface area contributed by atoms with Crippen molar-refractivity contribution in [1.82, 2.24) is 4.90 Å². The number of nitrogens with two attached hydrogens (primary N) is 1. The molecular weight excluding hydrogens is 244 g/mol. The van der Waals surface area contributed by atoms with E-state index < -0.39 is 9.84 Å². The first-order valence-corrected chi connectivity index (χ1v) is 7.84. The molecule has 0 bridgehead atoms. The molecule has 0 aromatic carbocycles. The first-order valence-electron chi connectivity index (χ1n) is 5.48. The summed E-state index contributed by atoms with van der Waals surface area (Å²) in [6.07, 6.45) is 4.82. The summed E-state index contributed by atoms with van der Waals surface area (Å²) < 4.78 is 23.0. The van der Waals surface area contributed by atoms with Crippen molar-refractivity contribution < 1.29 is 8.42 Å². The maximum atomic E-state index is 11.5. The van der Waals surface area contributed by atoms with Crippen LogP contribution in [0.3, 0.4) is 0 Å². The summed E-state index contributed by atoms with van der Waals surface area (Å²) >= 11 is 4.86. The standard InChI is InChI=1S/C10H20N2O2S2/c1-12(7-10(11)15)8-4-3-5-9(6-8)16(2,13)14/h8-9H,3-7H2,1-2H3,(H2,11,15). The van der Waals surface area contributed by atoms with E-state index >= 15 is 0 Å². The minimum absolute atomic E-state index is 0.194. The third-order valence-electron chi connectivity index (χ3n) is 3.23. The number of likely N-dealkylation sites (N-methyl/N-ethyl adjacent to an activating group) is 1. The van der Waals surface area contributed by atoms with Crippen LogP contribution in [-0.4, -0.2) is 49.4 Å². The summed E-state index contributed by atoms with van der Waals surface area (Å²) in [6, 6.07) is 0.287. The Hall–Kier alpha value is -0.200. The van der Waals surface area contributed by atoms with Gasteiger partial charge in [0.15, 0.2) is 0 Å². The normalized spacial score (nSPS) is 26.9. The number of thiocarbonyl (C=S) groups is 1. The Bertz CT molecular complexity index is 354. The van der Waals surface area contributed by atoms with Gasteiger partial charge in [-0.2, -0.15) is 0 Å². The van der Waals surface area contributed by atoms with E-state index in [4.69, 9.17) is 18.0 Å². The Kier molecular flexibility index (Phi) is 4.70. The van der Waals surface area contributed by atoms with Gasteiger partial charge in [0.25, 0.3) is 0 Å². The topological polar surface area (TPSA) is 63.4 Å². The van der Waals surface area contributed by atoms with Crippen LogP contribution in [0.4, 0.5) is 0 Å². The van der Waals surface area contributed by atoms with E-state index in [9.17, 15) is 8.42 Å². The second kappa shape index (κ2) is 5.42. The minimum atomic E-state index is -2.91. The van der Waals surface area contributed by atoms with Crippen LogP contribution < -0.4 is 5.73 Å². The van der Waals surface area contributed by atoms with Gasteiger partial charge < -0.3 is 5.73 Å². The van der Waals surface area contributed by atoms with Gasteiger partial charge in [-0.15, -0.1) is 0 Å². The lowest BCUT2D eigenvalue weighted by Gasteiger charge is -2.34. The molecule has 0 radical (unpaired) electrons. The number of nitrogens with zero attached hydrogens (tertiary/aromatic N) is 1. The van der Waals surface area contributed by atoms with Gasteiger partial charge in [0, 0.05) is 18.8 Å². The highest BCUT2D eigenvalue weighted by molar-refractivity contribution is 7.91. The third-order valence-corrected chi connectivity index (χ3v) is 5.00. The van der Waals surface area contributed by atoms with Gasteiger partial charge in [-0.25, -0.2) is 8.42 Å². The molecule has 94 valence electrons. The van der Waals surface area contributed by atoms with Crippen molar-refractivity contribution in [1.29, 1.82) is 0 Å². The molecule has 1 fully saturated rings. The predicted molar refractivity (Wildman–Crippen MR) is 70.3 cm³/mol. The molecule has 2 unspecified atom stereocenters. The van der Waals surface area contributed by atoms with E-state index in [1.54, 1.807) is 0 Å². The largest absolute Gasteiger partial charge is 0.392 e. The molecule has 0 amide bonds. The smallest absolute Gasteiger partial charge is 0.150 e. The number of hydrogen-bond acceptors (Lipinski definition) is 4. The number of rotatable bonds is 4. The summed E-state index contributed by atoms with van der Waals surface area (Å²) in [5.74, 6) is 0. The monoisotopic (exact) mass is 264 g/mol. The van der Waals surface area contributed by atoms with Gasteiger partial charge in [0.1, 0.15) is 9.84 Å². The fourth-order valence-electron chi connectivity index (χ4n) is 2.28. The van der Waals surface area contributed by atoms with Crippen molar-refractivity contribution >= 4 is 27.0 Å². The van der Waals surface area contributed by atoms with Crippen LogP contribution >= 0.6 is 12.2 Å². The van der Waals surface area contributed by atoms with E-state index in [-0.39, 0.29) is 11.3 Å². The zero-order chi connectivity index (χ0) is 12.3. The Morgan fingerprint density at radius 3 is 2.62 bits per heavy atom. The molecule has 1 aliphatic carbocycles. The molecule has 0 saturated heterocycles.